The van der Waals surface area contributed by atoms with Crippen molar-refractivity contribution in [2.75, 3.05) is 25.2 Å². The number of hydrogen-bond acceptors (Lipinski definition) is 3. The standard InChI is InChI=1S/C13H18O2S/c1-10-4-5-11(2)12(8-10)13(14)9-16-7-6-15-3/h4-5,8H,6-7,9H2,1-3H3. The molecule has 0 amide bonds. The van der Waals surface area contributed by atoms with Crippen molar-refractivity contribution in [3.63, 3.8) is 0 Å². The number of ether oxygens (including phenoxy) is 1. The van der Waals surface area contributed by atoms with Crippen LogP contribution in [0.5, 0.6) is 0 Å². The van der Waals surface area contributed by atoms with E-state index in [2.05, 4.69) is 0 Å². The van der Waals surface area contributed by atoms with E-state index in [1.165, 1.54) is 0 Å². The van der Waals surface area contributed by atoms with Crippen LogP contribution in [-0.4, -0.2) is 31.0 Å². The predicted octanol–water partition coefficient (Wildman–Crippen LogP) is 2.87. The van der Waals surface area contributed by atoms with Gasteiger partial charge in [-0.05, 0) is 25.5 Å². The van der Waals surface area contributed by atoms with Crippen LogP contribution in [0.3, 0.4) is 0 Å². The third-order valence-corrected chi connectivity index (χ3v) is 3.28. The summed E-state index contributed by atoms with van der Waals surface area (Å²) in [6.07, 6.45) is 0. The lowest BCUT2D eigenvalue weighted by Gasteiger charge is -2.06. The van der Waals surface area contributed by atoms with E-state index in [0.29, 0.717) is 12.4 Å². The minimum Gasteiger partial charge on any atom is -0.384 e. The number of aryl methyl sites for hydroxylation is 2. The summed E-state index contributed by atoms with van der Waals surface area (Å²) >= 11 is 1.62. The quantitative estimate of drug-likeness (QED) is 0.563. The molecule has 0 unspecified atom stereocenters. The summed E-state index contributed by atoms with van der Waals surface area (Å²) in [5.41, 5.74) is 3.05. The second kappa shape index (κ2) is 6.71. The van der Waals surface area contributed by atoms with Crippen molar-refractivity contribution in [1.82, 2.24) is 0 Å². The molecule has 1 aromatic rings. The first-order valence-electron chi connectivity index (χ1n) is 5.32. The molecule has 0 aromatic heterocycles. The van der Waals surface area contributed by atoms with Crippen LogP contribution in [0.1, 0.15) is 21.5 Å². The first-order valence-corrected chi connectivity index (χ1v) is 6.47. The molecule has 1 rings (SSSR count). The molecule has 1 aromatic carbocycles. The van der Waals surface area contributed by atoms with Crippen molar-refractivity contribution in [1.29, 1.82) is 0 Å². The van der Waals surface area contributed by atoms with Crippen LogP contribution in [0.25, 0.3) is 0 Å². The fourth-order valence-corrected chi connectivity index (χ4v) is 2.19. The van der Waals surface area contributed by atoms with E-state index in [0.717, 1.165) is 22.4 Å². The number of rotatable bonds is 6. The van der Waals surface area contributed by atoms with Crippen molar-refractivity contribution in [2.45, 2.75) is 13.8 Å². The number of carbonyl (C=O) groups is 1. The van der Waals surface area contributed by atoms with Crippen molar-refractivity contribution in [2.24, 2.45) is 0 Å². The molecular weight excluding hydrogens is 220 g/mol. The van der Waals surface area contributed by atoms with Gasteiger partial charge in [0.15, 0.2) is 5.78 Å². The Morgan fingerprint density at radius 2 is 2.12 bits per heavy atom. The van der Waals surface area contributed by atoms with Gasteiger partial charge in [0.2, 0.25) is 0 Å². The summed E-state index contributed by atoms with van der Waals surface area (Å²) in [4.78, 5) is 11.9. The molecule has 0 saturated carbocycles. The van der Waals surface area contributed by atoms with Gasteiger partial charge in [-0.3, -0.25) is 4.79 Å². The zero-order valence-corrected chi connectivity index (χ0v) is 10.9. The maximum Gasteiger partial charge on any atom is 0.172 e. The highest BCUT2D eigenvalue weighted by molar-refractivity contribution is 8.00. The summed E-state index contributed by atoms with van der Waals surface area (Å²) < 4.78 is 4.94. The van der Waals surface area contributed by atoms with Gasteiger partial charge in [0.05, 0.1) is 12.4 Å². The summed E-state index contributed by atoms with van der Waals surface area (Å²) in [5.74, 6) is 1.61. The highest BCUT2D eigenvalue weighted by atomic mass is 32.2. The Labute approximate surface area is 101 Å². The van der Waals surface area contributed by atoms with Crippen LogP contribution in [0.4, 0.5) is 0 Å². The third kappa shape index (κ3) is 3.99. The molecule has 0 aliphatic rings. The van der Waals surface area contributed by atoms with E-state index in [1.807, 2.05) is 32.0 Å². The molecule has 0 aliphatic carbocycles. The highest BCUT2D eigenvalue weighted by Crippen LogP contribution is 2.14. The van der Waals surface area contributed by atoms with Crippen LogP contribution < -0.4 is 0 Å². The molecule has 0 spiro atoms. The minimum absolute atomic E-state index is 0.210. The van der Waals surface area contributed by atoms with Gasteiger partial charge in [-0.25, -0.2) is 0 Å². The molecule has 2 nitrogen and oxygen atoms in total. The van der Waals surface area contributed by atoms with Crippen molar-refractivity contribution >= 4 is 17.5 Å². The fraction of sp³-hybridized carbons (Fsp3) is 0.462. The zero-order chi connectivity index (χ0) is 12.0. The van der Waals surface area contributed by atoms with E-state index >= 15 is 0 Å². The maximum atomic E-state index is 11.9. The third-order valence-electron chi connectivity index (χ3n) is 2.36. The topological polar surface area (TPSA) is 26.3 Å². The van der Waals surface area contributed by atoms with E-state index in [-0.39, 0.29) is 5.78 Å². The number of benzene rings is 1. The summed E-state index contributed by atoms with van der Waals surface area (Å²) in [7, 11) is 1.67. The van der Waals surface area contributed by atoms with Gasteiger partial charge in [-0.15, -0.1) is 0 Å². The molecule has 0 aliphatic heterocycles. The molecule has 3 heteroatoms. The van der Waals surface area contributed by atoms with Crippen molar-refractivity contribution in [3.8, 4) is 0 Å². The molecule has 88 valence electrons. The Morgan fingerprint density at radius 1 is 1.38 bits per heavy atom. The SMILES string of the molecule is COCCSCC(=O)c1cc(C)ccc1C. The van der Waals surface area contributed by atoms with E-state index in [4.69, 9.17) is 4.74 Å². The average Bonchev–Trinajstić information content (AvgIpc) is 2.27. The Bertz CT molecular complexity index is 361. The van der Waals surface area contributed by atoms with Gasteiger partial charge >= 0.3 is 0 Å². The Kier molecular flexibility index (Phi) is 5.56. The lowest BCUT2D eigenvalue weighted by molar-refractivity contribution is 0.102. The number of ketones is 1. The second-order valence-corrected chi connectivity index (χ2v) is 4.89. The van der Waals surface area contributed by atoms with Crippen LogP contribution in [-0.2, 0) is 4.74 Å². The van der Waals surface area contributed by atoms with E-state index < -0.39 is 0 Å². The van der Waals surface area contributed by atoms with Gasteiger partial charge in [-0.2, -0.15) is 11.8 Å². The second-order valence-electron chi connectivity index (χ2n) is 3.79. The first-order chi connectivity index (χ1) is 7.65. The van der Waals surface area contributed by atoms with Crippen molar-refractivity contribution < 1.29 is 9.53 Å². The van der Waals surface area contributed by atoms with E-state index in [1.54, 1.807) is 18.9 Å². The summed E-state index contributed by atoms with van der Waals surface area (Å²) in [6.45, 7) is 4.69. The number of methoxy groups -OCH3 is 1. The van der Waals surface area contributed by atoms with Crippen LogP contribution >= 0.6 is 11.8 Å². The van der Waals surface area contributed by atoms with Gasteiger partial charge in [-0.1, -0.05) is 17.7 Å². The molecule has 0 radical (unpaired) electrons. The van der Waals surface area contributed by atoms with Gasteiger partial charge in [0, 0.05) is 18.4 Å². The Hall–Kier alpha value is -0.800. The lowest BCUT2D eigenvalue weighted by atomic mass is 10.0. The lowest BCUT2D eigenvalue weighted by Crippen LogP contribution is -2.06. The molecular formula is C13H18O2S. The van der Waals surface area contributed by atoms with Crippen molar-refractivity contribution in [3.05, 3.63) is 34.9 Å². The first kappa shape index (κ1) is 13.3. The number of carbonyl (C=O) groups excluding carboxylic acids is 1. The van der Waals surface area contributed by atoms with Crippen LogP contribution in [0, 0.1) is 13.8 Å². The molecule has 0 fully saturated rings. The Morgan fingerprint density at radius 3 is 2.81 bits per heavy atom. The monoisotopic (exact) mass is 238 g/mol. The Balaban J connectivity index is 2.55. The smallest absolute Gasteiger partial charge is 0.172 e. The maximum absolute atomic E-state index is 11.9. The normalized spacial score (nSPS) is 10.4. The van der Waals surface area contributed by atoms with Crippen LogP contribution in [0.15, 0.2) is 18.2 Å². The molecule has 0 bridgehead atoms. The highest BCUT2D eigenvalue weighted by Gasteiger charge is 2.08. The molecule has 0 saturated heterocycles. The van der Waals surface area contributed by atoms with E-state index in [9.17, 15) is 4.79 Å². The molecule has 0 atom stereocenters. The average molecular weight is 238 g/mol. The number of Topliss-reactive ketones (excluding diaryl/α,β-unsaturated/α-hetero) is 1. The largest absolute Gasteiger partial charge is 0.384 e. The molecule has 16 heavy (non-hydrogen) atoms. The van der Waals surface area contributed by atoms with Gasteiger partial charge < -0.3 is 4.74 Å². The summed E-state index contributed by atoms with van der Waals surface area (Å²) in [5, 5.41) is 0. The van der Waals surface area contributed by atoms with Gasteiger partial charge in [0.25, 0.3) is 0 Å². The number of hydrogen-bond donors (Lipinski definition) is 0. The predicted molar refractivity (Wildman–Crippen MR) is 69.4 cm³/mol. The van der Waals surface area contributed by atoms with Gasteiger partial charge in [0.1, 0.15) is 0 Å². The van der Waals surface area contributed by atoms with Crippen LogP contribution in [0.2, 0.25) is 0 Å². The summed E-state index contributed by atoms with van der Waals surface area (Å²) in [6, 6.07) is 6.00. The fourth-order valence-electron chi connectivity index (χ4n) is 1.42. The molecule has 0 heterocycles. The molecule has 0 N–H and O–H groups in total. The minimum atomic E-state index is 0.210. The number of thioether (sulfide) groups is 1. The zero-order valence-electron chi connectivity index (χ0n) is 10.1.